The number of anilines is 1. The van der Waals surface area contributed by atoms with Crippen LogP contribution >= 0.6 is 0 Å². The minimum Gasteiger partial charge on any atom is -0.481 e. The van der Waals surface area contributed by atoms with Gasteiger partial charge in [-0.2, -0.15) is 0 Å². The number of carbonyl (C=O) groups excluding carboxylic acids is 1. The van der Waals surface area contributed by atoms with Crippen molar-refractivity contribution in [2.45, 2.75) is 39.8 Å². The monoisotopic (exact) mass is 394 g/mol. The van der Waals surface area contributed by atoms with Crippen LogP contribution in [-0.4, -0.2) is 78.0 Å². The van der Waals surface area contributed by atoms with Crippen molar-refractivity contribution < 1.29 is 24.2 Å². The van der Waals surface area contributed by atoms with Gasteiger partial charge < -0.3 is 29.3 Å². The topological polar surface area (TPSA) is 95.4 Å². The predicted molar refractivity (Wildman–Crippen MR) is 105 cm³/mol. The molecule has 1 aromatic rings. The molecule has 0 aromatic carbocycles. The van der Waals surface area contributed by atoms with Gasteiger partial charge in [0.1, 0.15) is 5.60 Å². The van der Waals surface area contributed by atoms with Crippen molar-refractivity contribution in [2.75, 3.05) is 45.2 Å². The summed E-state index contributed by atoms with van der Waals surface area (Å²) in [6.07, 6.45) is -1.32. The fourth-order valence-electron chi connectivity index (χ4n) is 3.02. The van der Waals surface area contributed by atoms with Crippen LogP contribution in [0.1, 0.15) is 32.0 Å². The average molecular weight is 394 g/mol. The molecule has 0 saturated carbocycles. The van der Waals surface area contributed by atoms with E-state index < -0.39 is 17.8 Å². The Kier molecular flexibility index (Phi) is 6.58. The van der Waals surface area contributed by atoms with E-state index in [2.05, 4.69) is 9.88 Å². The number of hydrogen-bond donors (Lipinski definition) is 1. The molecule has 0 bridgehead atoms. The summed E-state index contributed by atoms with van der Waals surface area (Å²) in [4.78, 5) is 33.0. The van der Waals surface area contributed by atoms with E-state index in [0.29, 0.717) is 38.6 Å². The van der Waals surface area contributed by atoms with E-state index in [1.807, 2.05) is 33.8 Å². The predicted octanol–water partition coefficient (Wildman–Crippen LogP) is 2.57. The lowest BCUT2D eigenvalue weighted by Gasteiger charge is -2.36. The normalized spacial score (nSPS) is 14.6. The van der Waals surface area contributed by atoms with Crippen LogP contribution in [0.5, 0.6) is 5.88 Å². The number of aromatic nitrogens is 1. The van der Waals surface area contributed by atoms with E-state index in [1.54, 1.807) is 14.2 Å². The van der Waals surface area contributed by atoms with E-state index in [4.69, 9.17) is 14.6 Å². The molecule has 1 fully saturated rings. The maximum absolute atomic E-state index is 12.4. The molecule has 0 radical (unpaired) electrons. The van der Waals surface area contributed by atoms with Crippen molar-refractivity contribution in [3.8, 4) is 5.88 Å². The maximum Gasteiger partial charge on any atom is 0.410 e. The average Bonchev–Trinajstić information content (AvgIpc) is 2.61. The number of methoxy groups -OCH3 is 1. The van der Waals surface area contributed by atoms with Crippen molar-refractivity contribution >= 4 is 17.9 Å². The summed E-state index contributed by atoms with van der Waals surface area (Å²) >= 11 is 0. The highest BCUT2D eigenvalue weighted by molar-refractivity contribution is 5.69. The number of ether oxygens (including phenoxy) is 2. The van der Waals surface area contributed by atoms with Crippen molar-refractivity contribution in [3.05, 3.63) is 17.3 Å². The van der Waals surface area contributed by atoms with Crippen molar-refractivity contribution in [2.24, 2.45) is 0 Å². The van der Waals surface area contributed by atoms with E-state index in [1.165, 1.54) is 9.80 Å². The number of carboxylic acid groups (broad SMARTS) is 1. The third-order valence-electron chi connectivity index (χ3n) is 4.48. The molecular weight excluding hydrogens is 364 g/mol. The van der Waals surface area contributed by atoms with Gasteiger partial charge in [-0.25, -0.2) is 14.6 Å². The second kappa shape index (κ2) is 8.53. The summed E-state index contributed by atoms with van der Waals surface area (Å²) in [5.41, 5.74) is 1.96. The quantitative estimate of drug-likeness (QED) is 0.838. The summed E-state index contributed by atoms with van der Waals surface area (Å²) in [7, 11) is 3.24. The van der Waals surface area contributed by atoms with Gasteiger partial charge in [0.05, 0.1) is 13.7 Å². The largest absolute Gasteiger partial charge is 0.481 e. The standard InChI is InChI=1S/C19H30N4O5/c1-13-14(12-21(5)18(26)28-19(2,3)4)15(11-16(20-13)27-6)22-7-9-23(10-8-22)17(24)25/h11H,7-10,12H2,1-6H3,(H,24,25). The Morgan fingerprint density at radius 3 is 2.36 bits per heavy atom. The van der Waals surface area contributed by atoms with E-state index >= 15 is 0 Å². The Labute approximate surface area is 165 Å². The van der Waals surface area contributed by atoms with Gasteiger partial charge in [-0.1, -0.05) is 0 Å². The number of pyridine rings is 1. The number of aryl methyl sites for hydroxylation is 1. The Morgan fingerprint density at radius 2 is 1.86 bits per heavy atom. The third-order valence-corrected chi connectivity index (χ3v) is 4.48. The van der Waals surface area contributed by atoms with Crippen LogP contribution in [0.2, 0.25) is 0 Å². The highest BCUT2D eigenvalue weighted by Gasteiger charge is 2.26. The molecule has 2 heterocycles. The number of hydrogen-bond acceptors (Lipinski definition) is 6. The van der Waals surface area contributed by atoms with Gasteiger partial charge in [0.15, 0.2) is 0 Å². The number of nitrogens with zero attached hydrogens (tertiary/aromatic N) is 4. The lowest BCUT2D eigenvalue weighted by Crippen LogP contribution is -2.48. The molecule has 2 rings (SSSR count). The number of piperazine rings is 1. The minimum atomic E-state index is -0.909. The highest BCUT2D eigenvalue weighted by atomic mass is 16.6. The van der Waals surface area contributed by atoms with E-state index in [0.717, 1.165) is 16.9 Å². The molecule has 9 nitrogen and oxygen atoms in total. The van der Waals surface area contributed by atoms with Crippen molar-refractivity contribution in [1.29, 1.82) is 0 Å². The van der Waals surface area contributed by atoms with E-state index in [9.17, 15) is 9.59 Å². The van der Waals surface area contributed by atoms with Gasteiger partial charge in [-0.05, 0) is 27.7 Å². The summed E-state index contributed by atoms with van der Waals surface area (Å²) < 4.78 is 10.8. The van der Waals surface area contributed by atoms with Gasteiger partial charge in [0.25, 0.3) is 0 Å². The molecule has 1 aromatic heterocycles. The van der Waals surface area contributed by atoms with Gasteiger partial charge in [-0.15, -0.1) is 0 Å². The number of carbonyl (C=O) groups is 2. The second-order valence-electron chi connectivity index (χ2n) is 7.84. The Balaban J connectivity index is 2.26. The first-order valence-corrected chi connectivity index (χ1v) is 9.23. The first-order chi connectivity index (χ1) is 13.0. The second-order valence-corrected chi connectivity index (χ2v) is 7.84. The summed E-state index contributed by atoms with van der Waals surface area (Å²) in [6.45, 7) is 9.62. The molecule has 0 unspecified atom stereocenters. The zero-order chi connectivity index (χ0) is 21.1. The van der Waals surface area contributed by atoms with Gasteiger partial charge in [0, 0.05) is 56.2 Å². The Morgan fingerprint density at radius 1 is 1.25 bits per heavy atom. The molecule has 0 atom stereocenters. The van der Waals surface area contributed by atoms with Gasteiger partial charge in [-0.3, -0.25) is 0 Å². The summed E-state index contributed by atoms with van der Waals surface area (Å²) in [5, 5.41) is 9.17. The smallest absolute Gasteiger partial charge is 0.410 e. The van der Waals surface area contributed by atoms with Crippen molar-refractivity contribution in [3.63, 3.8) is 0 Å². The molecule has 1 N–H and O–H groups in total. The zero-order valence-electron chi connectivity index (χ0n) is 17.5. The molecule has 0 spiro atoms. The maximum atomic E-state index is 12.4. The first kappa shape index (κ1) is 21.6. The molecule has 1 aliphatic rings. The van der Waals surface area contributed by atoms with Crippen LogP contribution in [-0.2, 0) is 11.3 Å². The Hall–Kier alpha value is -2.71. The Bertz CT molecular complexity index is 724. The highest BCUT2D eigenvalue weighted by Crippen LogP contribution is 2.29. The van der Waals surface area contributed by atoms with Crippen LogP contribution < -0.4 is 9.64 Å². The van der Waals surface area contributed by atoms with Crippen LogP contribution in [0.15, 0.2) is 6.07 Å². The molecule has 9 heteroatoms. The first-order valence-electron chi connectivity index (χ1n) is 9.23. The van der Waals surface area contributed by atoms with Gasteiger partial charge in [0.2, 0.25) is 5.88 Å². The number of amides is 2. The molecule has 28 heavy (non-hydrogen) atoms. The fourth-order valence-corrected chi connectivity index (χ4v) is 3.02. The summed E-state index contributed by atoms with van der Waals surface area (Å²) in [5.74, 6) is 0.483. The molecule has 0 aliphatic carbocycles. The molecule has 1 aliphatic heterocycles. The third kappa shape index (κ3) is 5.40. The molecule has 156 valence electrons. The summed E-state index contributed by atoms with van der Waals surface area (Å²) in [6, 6.07) is 1.84. The van der Waals surface area contributed by atoms with Gasteiger partial charge >= 0.3 is 12.2 Å². The van der Waals surface area contributed by atoms with Crippen LogP contribution in [0, 0.1) is 6.92 Å². The zero-order valence-corrected chi connectivity index (χ0v) is 17.5. The van der Waals surface area contributed by atoms with Crippen LogP contribution in [0.3, 0.4) is 0 Å². The minimum absolute atomic E-state index is 0.326. The molecule has 1 saturated heterocycles. The SMILES string of the molecule is COc1cc(N2CCN(C(=O)O)CC2)c(CN(C)C(=O)OC(C)(C)C)c(C)n1. The molecular formula is C19H30N4O5. The molecule has 2 amide bonds. The fraction of sp³-hybridized carbons (Fsp3) is 0.632. The lowest BCUT2D eigenvalue weighted by atomic mass is 10.1. The van der Waals surface area contributed by atoms with Crippen molar-refractivity contribution in [1.82, 2.24) is 14.8 Å². The van der Waals surface area contributed by atoms with Crippen LogP contribution in [0.25, 0.3) is 0 Å². The van der Waals surface area contributed by atoms with Crippen LogP contribution in [0.4, 0.5) is 15.3 Å². The lowest BCUT2D eigenvalue weighted by molar-refractivity contribution is 0.0285. The number of rotatable bonds is 4. The van der Waals surface area contributed by atoms with E-state index in [-0.39, 0.29) is 0 Å².